The highest BCUT2D eigenvalue weighted by atomic mass is 79.9. The Morgan fingerprint density at radius 1 is 1.19 bits per heavy atom. The number of hydrogen-bond donors (Lipinski definition) is 2. The molecule has 0 aromatic heterocycles. The van der Waals surface area contributed by atoms with Gasteiger partial charge in [0.15, 0.2) is 11.7 Å². The summed E-state index contributed by atoms with van der Waals surface area (Å²) in [6.45, 7) is 5.95. The number of carbonyl (C=O) groups is 2. The summed E-state index contributed by atoms with van der Waals surface area (Å²) in [5.74, 6) is 0.174. The number of anilines is 1. The van der Waals surface area contributed by atoms with Gasteiger partial charge in [-0.15, -0.1) is 0 Å². The van der Waals surface area contributed by atoms with Crippen LogP contribution in [-0.4, -0.2) is 54.7 Å². The van der Waals surface area contributed by atoms with Crippen LogP contribution in [0.2, 0.25) is 0 Å². The molecule has 7 nitrogen and oxygen atoms in total. The van der Waals surface area contributed by atoms with Gasteiger partial charge in [-0.05, 0) is 77.4 Å². The summed E-state index contributed by atoms with van der Waals surface area (Å²) in [6, 6.07) is 10.9. The van der Waals surface area contributed by atoms with Crippen LogP contribution in [0.15, 0.2) is 40.9 Å². The number of amides is 2. The van der Waals surface area contributed by atoms with Crippen LogP contribution in [0.25, 0.3) is 0 Å². The number of rotatable bonds is 5. The smallest absolute Gasteiger partial charge is 0.264 e. The lowest BCUT2D eigenvalue weighted by Crippen LogP contribution is -2.40. The highest BCUT2D eigenvalue weighted by Gasteiger charge is 2.19. The first-order valence-corrected chi connectivity index (χ1v) is 11.0. The second-order valence-electron chi connectivity index (χ2n) is 7.17. The van der Waals surface area contributed by atoms with Crippen LogP contribution in [0, 0.1) is 13.8 Å². The summed E-state index contributed by atoms with van der Waals surface area (Å²) in [6.07, 6.45) is 0. The van der Waals surface area contributed by atoms with Crippen molar-refractivity contribution in [3.05, 3.63) is 57.6 Å². The van der Waals surface area contributed by atoms with E-state index in [0.29, 0.717) is 43.3 Å². The van der Waals surface area contributed by atoms with Gasteiger partial charge in [-0.25, -0.2) is 0 Å². The first-order valence-electron chi connectivity index (χ1n) is 9.81. The van der Waals surface area contributed by atoms with Crippen LogP contribution in [-0.2, 0) is 9.53 Å². The molecule has 1 fully saturated rings. The number of morpholine rings is 1. The van der Waals surface area contributed by atoms with Crippen LogP contribution in [0.3, 0.4) is 0 Å². The fraction of sp³-hybridized carbons (Fsp3) is 0.318. The van der Waals surface area contributed by atoms with Crippen LogP contribution in [0.5, 0.6) is 5.75 Å². The normalized spacial score (nSPS) is 13.5. The monoisotopic (exact) mass is 505 g/mol. The first-order chi connectivity index (χ1) is 14.8. The molecule has 0 radical (unpaired) electrons. The molecular formula is C22H24BrN3O4S. The molecule has 31 heavy (non-hydrogen) atoms. The van der Waals surface area contributed by atoms with Crippen molar-refractivity contribution in [2.75, 3.05) is 38.2 Å². The van der Waals surface area contributed by atoms with E-state index in [0.717, 1.165) is 15.6 Å². The molecular weight excluding hydrogens is 482 g/mol. The van der Waals surface area contributed by atoms with Gasteiger partial charge in [0.25, 0.3) is 11.8 Å². The van der Waals surface area contributed by atoms with Crippen molar-refractivity contribution in [2.45, 2.75) is 13.8 Å². The Morgan fingerprint density at radius 2 is 1.94 bits per heavy atom. The second kappa shape index (κ2) is 10.7. The third-order valence-electron chi connectivity index (χ3n) is 4.64. The number of aryl methyl sites for hydroxylation is 2. The summed E-state index contributed by atoms with van der Waals surface area (Å²) in [5.41, 5.74) is 3.19. The zero-order valence-electron chi connectivity index (χ0n) is 17.4. The highest BCUT2D eigenvalue weighted by Crippen LogP contribution is 2.30. The third kappa shape index (κ3) is 6.49. The van der Waals surface area contributed by atoms with Gasteiger partial charge in [0, 0.05) is 24.3 Å². The van der Waals surface area contributed by atoms with E-state index in [2.05, 4.69) is 26.6 Å². The maximum Gasteiger partial charge on any atom is 0.264 e. The average Bonchev–Trinajstić information content (AvgIpc) is 2.73. The van der Waals surface area contributed by atoms with Crippen molar-refractivity contribution in [3.8, 4) is 5.75 Å². The van der Waals surface area contributed by atoms with E-state index in [-0.39, 0.29) is 23.5 Å². The van der Waals surface area contributed by atoms with Gasteiger partial charge in [-0.2, -0.15) is 0 Å². The number of halogens is 1. The van der Waals surface area contributed by atoms with E-state index in [1.807, 2.05) is 26.0 Å². The van der Waals surface area contributed by atoms with Gasteiger partial charge in [-0.1, -0.05) is 12.1 Å². The van der Waals surface area contributed by atoms with Gasteiger partial charge in [-0.3, -0.25) is 14.9 Å². The fourth-order valence-electron chi connectivity index (χ4n) is 3.23. The predicted molar refractivity (Wildman–Crippen MR) is 127 cm³/mol. The Morgan fingerprint density at radius 3 is 2.65 bits per heavy atom. The third-order valence-corrected chi connectivity index (χ3v) is 5.43. The minimum atomic E-state index is -0.384. The number of thiocarbonyl (C=S) groups is 1. The van der Waals surface area contributed by atoms with Gasteiger partial charge < -0.3 is 19.7 Å². The van der Waals surface area contributed by atoms with Crippen molar-refractivity contribution < 1.29 is 19.1 Å². The van der Waals surface area contributed by atoms with E-state index < -0.39 is 0 Å². The van der Waals surface area contributed by atoms with E-state index in [9.17, 15) is 9.59 Å². The van der Waals surface area contributed by atoms with Crippen LogP contribution in [0.1, 0.15) is 21.5 Å². The van der Waals surface area contributed by atoms with E-state index in [4.69, 9.17) is 21.7 Å². The van der Waals surface area contributed by atoms with Crippen molar-refractivity contribution >= 4 is 50.8 Å². The van der Waals surface area contributed by atoms with Crippen LogP contribution >= 0.6 is 28.1 Å². The number of nitrogens with zero attached hydrogens (tertiary/aromatic N) is 1. The average molecular weight is 506 g/mol. The summed E-state index contributed by atoms with van der Waals surface area (Å²) in [5, 5.41) is 5.66. The lowest BCUT2D eigenvalue weighted by Gasteiger charge is -2.27. The Bertz CT molecular complexity index is 969. The number of hydrogen-bond acceptors (Lipinski definition) is 5. The van der Waals surface area contributed by atoms with Gasteiger partial charge >= 0.3 is 0 Å². The molecule has 0 spiro atoms. The maximum atomic E-state index is 12.6. The van der Waals surface area contributed by atoms with E-state index >= 15 is 0 Å². The zero-order valence-corrected chi connectivity index (χ0v) is 19.8. The Hall–Kier alpha value is -2.49. The molecule has 2 aromatic carbocycles. The number of nitrogens with one attached hydrogen (secondary N) is 2. The van der Waals surface area contributed by atoms with E-state index in [1.165, 1.54) is 0 Å². The molecule has 0 saturated carbocycles. The SMILES string of the molecule is Cc1cc(C)c(OCC(=O)NC(=S)Nc2cccc(C(=O)N3CCOCC3)c2)c(Br)c1. The van der Waals surface area contributed by atoms with Gasteiger partial charge in [0.05, 0.1) is 17.7 Å². The van der Waals surface area contributed by atoms with Crippen molar-refractivity contribution in [2.24, 2.45) is 0 Å². The molecule has 0 unspecified atom stereocenters. The lowest BCUT2D eigenvalue weighted by atomic mass is 10.1. The Labute approximate surface area is 195 Å². The molecule has 0 aliphatic carbocycles. The largest absolute Gasteiger partial charge is 0.482 e. The summed E-state index contributed by atoms with van der Waals surface area (Å²) >= 11 is 8.68. The van der Waals surface area contributed by atoms with Crippen molar-refractivity contribution in [1.82, 2.24) is 10.2 Å². The lowest BCUT2D eigenvalue weighted by molar-refractivity contribution is -0.121. The Balaban J connectivity index is 1.53. The molecule has 9 heteroatoms. The quantitative estimate of drug-likeness (QED) is 0.606. The van der Waals surface area contributed by atoms with Gasteiger partial charge in [0.1, 0.15) is 5.75 Å². The highest BCUT2D eigenvalue weighted by molar-refractivity contribution is 9.10. The molecule has 2 amide bonds. The Kier molecular flexibility index (Phi) is 8.00. The summed E-state index contributed by atoms with van der Waals surface area (Å²) < 4.78 is 11.7. The zero-order chi connectivity index (χ0) is 22.4. The van der Waals surface area contributed by atoms with E-state index in [1.54, 1.807) is 29.2 Å². The van der Waals surface area contributed by atoms with Crippen molar-refractivity contribution in [1.29, 1.82) is 0 Å². The maximum absolute atomic E-state index is 12.6. The molecule has 1 aliphatic rings. The van der Waals surface area contributed by atoms with Crippen LogP contribution in [0.4, 0.5) is 5.69 Å². The molecule has 1 heterocycles. The standard InChI is InChI=1S/C22H24BrN3O4S/c1-14-10-15(2)20(18(23)11-14)30-13-19(27)25-22(31)24-17-5-3-4-16(12-17)21(28)26-6-8-29-9-7-26/h3-5,10-12H,6-9,13H2,1-2H3,(H2,24,25,27,31). The molecule has 3 rings (SSSR count). The fourth-order valence-corrected chi connectivity index (χ4v) is 4.25. The van der Waals surface area contributed by atoms with Gasteiger partial charge in [0.2, 0.25) is 0 Å². The predicted octanol–water partition coefficient (Wildman–Crippen LogP) is 3.43. The number of carbonyl (C=O) groups excluding carboxylic acids is 2. The number of ether oxygens (including phenoxy) is 2. The molecule has 2 aromatic rings. The molecule has 1 aliphatic heterocycles. The molecule has 0 atom stereocenters. The first kappa shape index (κ1) is 23.2. The molecule has 2 N–H and O–H groups in total. The second-order valence-corrected chi connectivity index (χ2v) is 8.43. The summed E-state index contributed by atoms with van der Waals surface area (Å²) in [7, 11) is 0. The topological polar surface area (TPSA) is 79.9 Å². The molecule has 1 saturated heterocycles. The minimum absolute atomic E-state index is 0.0608. The molecule has 0 bridgehead atoms. The number of benzene rings is 2. The van der Waals surface area contributed by atoms with Crippen LogP contribution < -0.4 is 15.4 Å². The minimum Gasteiger partial charge on any atom is -0.482 e. The molecule has 164 valence electrons. The van der Waals surface area contributed by atoms with Crippen molar-refractivity contribution in [3.63, 3.8) is 0 Å². The summed E-state index contributed by atoms with van der Waals surface area (Å²) in [4.78, 5) is 26.6.